The highest BCUT2D eigenvalue weighted by Gasteiger charge is 2.22. The molecule has 0 saturated carbocycles. The van der Waals surface area contributed by atoms with Gasteiger partial charge in [0.25, 0.3) is 6.43 Å². The van der Waals surface area contributed by atoms with Crippen LogP contribution >= 0.6 is 0 Å². The number of ether oxygens (including phenoxy) is 1. The Kier molecular flexibility index (Phi) is 4.04. The molecule has 0 aliphatic heterocycles. The maximum absolute atomic E-state index is 13.2. The molecule has 4 nitrogen and oxygen atoms in total. The van der Waals surface area contributed by atoms with Gasteiger partial charge >= 0.3 is 5.97 Å². The molecule has 0 radical (unpaired) electrons. The van der Waals surface area contributed by atoms with Crippen molar-refractivity contribution in [2.75, 3.05) is 6.61 Å². The van der Waals surface area contributed by atoms with Crippen molar-refractivity contribution in [1.29, 1.82) is 5.26 Å². The number of nitrogens with zero attached hydrogens (tertiary/aromatic N) is 2. The number of nitriles is 1. The van der Waals surface area contributed by atoms with Gasteiger partial charge in [0, 0.05) is 0 Å². The molecule has 0 saturated heterocycles. The second-order valence-electron chi connectivity index (χ2n) is 2.88. The van der Waals surface area contributed by atoms with E-state index >= 15 is 0 Å². The minimum atomic E-state index is -3.15. The van der Waals surface area contributed by atoms with Crippen molar-refractivity contribution >= 4 is 5.97 Å². The molecule has 0 fully saturated rings. The van der Waals surface area contributed by atoms with Gasteiger partial charge in [-0.1, -0.05) is 0 Å². The summed E-state index contributed by atoms with van der Waals surface area (Å²) in [5.74, 6) is -2.32. The first-order chi connectivity index (χ1) is 8.01. The van der Waals surface area contributed by atoms with Gasteiger partial charge < -0.3 is 4.74 Å². The molecule has 1 aromatic rings. The Morgan fingerprint density at radius 2 is 2.29 bits per heavy atom. The van der Waals surface area contributed by atoms with Crippen LogP contribution in [-0.4, -0.2) is 17.6 Å². The van der Waals surface area contributed by atoms with Crippen LogP contribution in [0.25, 0.3) is 0 Å². The highest BCUT2D eigenvalue weighted by atomic mass is 19.3. The van der Waals surface area contributed by atoms with E-state index in [9.17, 15) is 18.0 Å². The lowest BCUT2D eigenvalue weighted by atomic mass is 10.1. The molecule has 0 aliphatic rings. The zero-order valence-electron chi connectivity index (χ0n) is 8.71. The smallest absolute Gasteiger partial charge is 0.341 e. The van der Waals surface area contributed by atoms with Gasteiger partial charge in [-0.2, -0.15) is 5.26 Å². The van der Waals surface area contributed by atoms with Crippen molar-refractivity contribution in [3.63, 3.8) is 0 Å². The quantitative estimate of drug-likeness (QED) is 0.764. The Morgan fingerprint density at radius 3 is 2.76 bits per heavy atom. The van der Waals surface area contributed by atoms with E-state index in [0.29, 0.717) is 6.07 Å². The van der Waals surface area contributed by atoms with Gasteiger partial charge in [-0.05, 0) is 13.0 Å². The number of hydrogen-bond donors (Lipinski definition) is 0. The highest BCUT2D eigenvalue weighted by molar-refractivity contribution is 5.91. The molecule has 0 N–H and O–H groups in total. The third kappa shape index (κ3) is 2.72. The molecule has 0 atom stereocenters. The maximum atomic E-state index is 13.2. The molecule has 0 aliphatic carbocycles. The van der Waals surface area contributed by atoms with Gasteiger partial charge in [0.05, 0.1) is 12.2 Å². The number of carbonyl (C=O) groups is 1. The summed E-state index contributed by atoms with van der Waals surface area (Å²) in [6, 6.07) is 1.98. The van der Waals surface area contributed by atoms with Gasteiger partial charge in [-0.3, -0.25) is 0 Å². The fraction of sp³-hybridized carbons (Fsp3) is 0.300. The maximum Gasteiger partial charge on any atom is 0.341 e. The summed E-state index contributed by atoms with van der Waals surface area (Å²) < 4.78 is 42.3. The van der Waals surface area contributed by atoms with Crippen molar-refractivity contribution in [1.82, 2.24) is 4.98 Å². The van der Waals surface area contributed by atoms with Gasteiger partial charge in [0.15, 0.2) is 11.5 Å². The predicted octanol–water partition coefficient (Wildman–Crippen LogP) is 2.21. The minimum Gasteiger partial charge on any atom is -0.462 e. The summed E-state index contributed by atoms with van der Waals surface area (Å²) in [5, 5.41) is 8.65. The van der Waals surface area contributed by atoms with E-state index in [2.05, 4.69) is 9.72 Å². The van der Waals surface area contributed by atoms with Gasteiger partial charge in [-0.15, -0.1) is 0 Å². The zero-order valence-corrected chi connectivity index (χ0v) is 8.71. The van der Waals surface area contributed by atoms with E-state index < -0.39 is 35.2 Å². The molecular weight excluding hydrogens is 237 g/mol. The monoisotopic (exact) mass is 244 g/mol. The first-order valence-corrected chi connectivity index (χ1v) is 4.57. The Labute approximate surface area is 94.6 Å². The Bertz CT molecular complexity index is 483. The fourth-order valence-corrected chi connectivity index (χ4v) is 1.11. The van der Waals surface area contributed by atoms with E-state index in [1.807, 2.05) is 0 Å². The molecule has 90 valence electrons. The number of halogens is 3. The number of carbonyl (C=O) groups excluding carboxylic acids is 1. The highest BCUT2D eigenvalue weighted by Crippen LogP contribution is 2.22. The Morgan fingerprint density at radius 1 is 1.65 bits per heavy atom. The van der Waals surface area contributed by atoms with Crippen LogP contribution in [0.15, 0.2) is 6.07 Å². The normalized spacial score (nSPS) is 10.1. The molecule has 0 bridgehead atoms. The fourth-order valence-electron chi connectivity index (χ4n) is 1.11. The number of alkyl halides is 2. The van der Waals surface area contributed by atoms with Crippen LogP contribution in [0.2, 0.25) is 0 Å². The summed E-state index contributed by atoms with van der Waals surface area (Å²) in [6.07, 6.45) is -3.15. The lowest BCUT2D eigenvalue weighted by molar-refractivity contribution is 0.0524. The van der Waals surface area contributed by atoms with Crippen LogP contribution in [0.5, 0.6) is 0 Å². The largest absolute Gasteiger partial charge is 0.462 e. The molecule has 0 unspecified atom stereocenters. The van der Waals surface area contributed by atoms with E-state index in [1.54, 1.807) is 0 Å². The topological polar surface area (TPSA) is 63.0 Å². The van der Waals surface area contributed by atoms with Gasteiger partial charge in [0.2, 0.25) is 0 Å². The molecule has 1 heterocycles. The van der Waals surface area contributed by atoms with E-state index in [0.717, 1.165) is 0 Å². The second-order valence-corrected chi connectivity index (χ2v) is 2.88. The molecule has 17 heavy (non-hydrogen) atoms. The van der Waals surface area contributed by atoms with Crippen LogP contribution in [0.4, 0.5) is 13.2 Å². The first-order valence-electron chi connectivity index (χ1n) is 4.57. The van der Waals surface area contributed by atoms with Crippen molar-refractivity contribution in [2.24, 2.45) is 0 Å². The van der Waals surface area contributed by atoms with Crippen molar-refractivity contribution in [3.8, 4) is 6.07 Å². The number of rotatable bonds is 3. The predicted molar refractivity (Wildman–Crippen MR) is 49.8 cm³/mol. The lowest BCUT2D eigenvalue weighted by Gasteiger charge is -2.06. The minimum absolute atomic E-state index is 0.0158. The van der Waals surface area contributed by atoms with Gasteiger partial charge in [0.1, 0.15) is 11.8 Å². The van der Waals surface area contributed by atoms with E-state index in [1.165, 1.54) is 13.0 Å². The van der Waals surface area contributed by atoms with E-state index in [-0.39, 0.29) is 6.61 Å². The molecule has 7 heteroatoms. The Balaban J connectivity index is 3.30. The summed E-state index contributed by atoms with van der Waals surface area (Å²) in [4.78, 5) is 14.4. The van der Waals surface area contributed by atoms with Crippen molar-refractivity contribution in [2.45, 2.75) is 13.3 Å². The number of pyridine rings is 1. The average molecular weight is 244 g/mol. The molecular formula is C10H7F3N2O2. The average Bonchev–Trinajstić information content (AvgIpc) is 2.28. The van der Waals surface area contributed by atoms with Crippen LogP contribution in [0, 0.1) is 17.1 Å². The molecule has 1 aromatic heterocycles. The van der Waals surface area contributed by atoms with Crippen LogP contribution in [-0.2, 0) is 4.74 Å². The van der Waals surface area contributed by atoms with Crippen LogP contribution in [0.3, 0.4) is 0 Å². The summed E-state index contributed by atoms with van der Waals surface area (Å²) in [7, 11) is 0. The summed E-state index contributed by atoms with van der Waals surface area (Å²) >= 11 is 0. The molecule has 0 spiro atoms. The van der Waals surface area contributed by atoms with Crippen molar-refractivity contribution < 1.29 is 22.7 Å². The molecule has 0 amide bonds. The lowest BCUT2D eigenvalue weighted by Crippen LogP contribution is -2.11. The van der Waals surface area contributed by atoms with Crippen LogP contribution in [0.1, 0.15) is 35.1 Å². The third-order valence-electron chi connectivity index (χ3n) is 1.81. The van der Waals surface area contributed by atoms with Gasteiger partial charge in [-0.25, -0.2) is 22.9 Å². The number of esters is 1. The van der Waals surface area contributed by atoms with E-state index in [4.69, 9.17) is 5.26 Å². The van der Waals surface area contributed by atoms with Crippen LogP contribution < -0.4 is 0 Å². The SMILES string of the molecule is CCOC(=O)c1cc(F)c(C(F)F)nc1C#N. The van der Waals surface area contributed by atoms with Crippen molar-refractivity contribution in [3.05, 3.63) is 28.8 Å². The summed E-state index contributed by atoms with van der Waals surface area (Å²) in [5.41, 5.74) is -2.20. The first kappa shape index (κ1) is 13.0. The second kappa shape index (κ2) is 5.30. The zero-order chi connectivity index (χ0) is 13.0. The third-order valence-corrected chi connectivity index (χ3v) is 1.81. The molecule has 0 aromatic carbocycles. The number of hydrogen-bond acceptors (Lipinski definition) is 4. The standard InChI is InChI=1S/C10H7F3N2O2/c1-2-17-10(16)5-3-6(11)8(9(12)13)15-7(5)4-14/h3,9H,2H2,1H3. The summed E-state index contributed by atoms with van der Waals surface area (Å²) in [6.45, 7) is 1.53. The number of aromatic nitrogens is 1. The Hall–Kier alpha value is -2.10. The molecule has 1 rings (SSSR count).